The third-order valence-corrected chi connectivity index (χ3v) is 3.79. The molecule has 0 radical (unpaired) electrons. The predicted octanol–water partition coefficient (Wildman–Crippen LogP) is 4.61. The summed E-state index contributed by atoms with van der Waals surface area (Å²) in [6, 6.07) is 14.2. The molecule has 0 unspecified atom stereocenters. The molecule has 1 aromatic heterocycles. The number of benzene rings is 2. The predicted molar refractivity (Wildman–Crippen MR) is 91.0 cm³/mol. The van der Waals surface area contributed by atoms with E-state index in [1.807, 2.05) is 30.3 Å². The van der Waals surface area contributed by atoms with Crippen LogP contribution in [0.4, 0.5) is 0 Å². The van der Waals surface area contributed by atoms with Gasteiger partial charge in [-0.05, 0) is 47.4 Å². The Bertz CT molecular complexity index is 831. The van der Waals surface area contributed by atoms with E-state index in [2.05, 4.69) is 30.6 Å². The van der Waals surface area contributed by atoms with Gasteiger partial charge in [-0.25, -0.2) is 4.98 Å². The molecule has 0 spiro atoms. The highest BCUT2D eigenvalue weighted by atomic mass is 16.3. The maximum atomic E-state index is 11.4. The summed E-state index contributed by atoms with van der Waals surface area (Å²) >= 11 is 0. The molecule has 0 fully saturated rings. The zero-order chi connectivity index (χ0) is 16.2. The number of aromatic nitrogens is 1. The summed E-state index contributed by atoms with van der Waals surface area (Å²) < 4.78 is 5.37. The van der Waals surface area contributed by atoms with E-state index in [0.717, 1.165) is 22.3 Å². The van der Waals surface area contributed by atoms with Gasteiger partial charge in [0.05, 0.1) is 6.20 Å². The lowest BCUT2D eigenvalue weighted by atomic mass is 9.96. The SMILES string of the molecule is C=CC(=O)Cc1ccc(-c2cc(-c3ncco3)ccc2C)cc1. The van der Waals surface area contributed by atoms with Crippen molar-refractivity contribution in [2.24, 2.45) is 0 Å². The number of carbonyl (C=O) groups excluding carboxylic acids is 1. The van der Waals surface area contributed by atoms with Gasteiger partial charge in [-0.15, -0.1) is 0 Å². The van der Waals surface area contributed by atoms with E-state index in [0.29, 0.717) is 12.3 Å². The van der Waals surface area contributed by atoms with Crippen molar-refractivity contribution in [3.05, 3.63) is 78.7 Å². The minimum Gasteiger partial charge on any atom is -0.445 e. The van der Waals surface area contributed by atoms with Crippen LogP contribution in [-0.2, 0) is 11.2 Å². The molecule has 3 nitrogen and oxygen atoms in total. The molecule has 3 aromatic rings. The fourth-order valence-corrected chi connectivity index (χ4v) is 2.51. The fourth-order valence-electron chi connectivity index (χ4n) is 2.51. The van der Waals surface area contributed by atoms with Gasteiger partial charge < -0.3 is 4.42 Å². The molecule has 0 bridgehead atoms. The summed E-state index contributed by atoms with van der Waals surface area (Å²) in [7, 11) is 0. The molecule has 0 saturated heterocycles. The minimum atomic E-state index is 0.0276. The third kappa shape index (κ3) is 3.29. The molecule has 2 aromatic carbocycles. The average molecular weight is 303 g/mol. The van der Waals surface area contributed by atoms with Crippen LogP contribution in [-0.4, -0.2) is 10.8 Å². The van der Waals surface area contributed by atoms with Crippen LogP contribution in [0.1, 0.15) is 11.1 Å². The van der Waals surface area contributed by atoms with Gasteiger partial charge in [0.2, 0.25) is 5.89 Å². The largest absolute Gasteiger partial charge is 0.445 e. The molecule has 1 heterocycles. The summed E-state index contributed by atoms with van der Waals surface area (Å²) in [5, 5.41) is 0. The number of nitrogens with zero attached hydrogens (tertiary/aromatic N) is 1. The van der Waals surface area contributed by atoms with Crippen LogP contribution in [0.2, 0.25) is 0 Å². The van der Waals surface area contributed by atoms with Crippen LogP contribution in [0.3, 0.4) is 0 Å². The first kappa shape index (κ1) is 15.0. The molecule has 0 aliphatic carbocycles. The van der Waals surface area contributed by atoms with Crippen LogP contribution in [0.15, 0.2) is 72.0 Å². The van der Waals surface area contributed by atoms with Gasteiger partial charge in [0.25, 0.3) is 0 Å². The lowest BCUT2D eigenvalue weighted by Crippen LogP contribution is -1.97. The Morgan fingerprint density at radius 3 is 2.57 bits per heavy atom. The van der Waals surface area contributed by atoms with Gasteiger partial charge in [0.15, 0.2) is 5.78 Å². The second kappa shape index (κ2) is 6.44. The number of carbonyl (C=O) groups is 1. The van der Waals surface area contributed by atoms with Gasteiger partial charge in [-0.3, -0.25) is 4.79 Å². The Kier molecular flexibility index (Phi) is 4.20. The first-order chi connectivity index (χ1) is 11.2. The van der Waals surface area contributed by atoms with Crippen LogP contribution in [0, 0.1) is 6.92 Å². The first-order valence-corrected chi connectivity index (χ1v) is 7.42. The van der Waals surface area contributed by atoms with Crippen LogP contribution in [0.25, 0.3) is 22.6 Å². The minimum absolute atomic E-state index is 0.0276. The van der Waals surface area contributed by atoms with E-state index in [9.17, 15) is 4.79 Å². The summed E-state index contributed by atoms with van der Waals surface area (Å²) in [6.07, 6.45) is 4.96. The highest BCUT2D eigenvalue weighted by Gasteiger charge is 2.08. The van der Waals surface area contributed by atoms with Crippen molar-refractivity contribution in [3.8, 4) is 22.6 Å². The zero-order valence-corrected chi connectivity index (χ0v) is 13.0. The Hall–Kier alpha value is -2.94. The second-order valence-electron chi connectivity index (χ2n) is 5.41. The molecule has 0 N–H and O–H groups in total. The number of ketones is 1. The number of hydrogen-bond acceptors (Lipinski definition) is 3. The van der Waals surface area contributed by atoms with Crippen molar-refractivity contribution in [1.29, 1.82) is 0 Å². The fraction of sp³-hybridized carbons (Fsp3) is 0.100. The van der Waals surface area contributed by atoms with Gasteiger partial charge in [0.1, 0.15) is 6.26 Å². The summed E-state index contributed by atoms with van der Waals surface area (Å²) in [5.74, 6) is 0.638. The molecule has 0 atom stereocenters. The Morgan fingerprint density at radius 2 is 1.91 bits per heavy atom. The van der Waals surface area contributed by atoms with Crippen molar-refractivity contribution < 1.29 is 9.21 Å². The van der Waals surface area contributed by atoms with Gasteiger partial charge in [-0.2, -0.15) is 0 Å². The Morgan fingerprint density at radius 1 is 1.17 bits per heavy atom. The van der Waals surface area contributed by atoms with Crippen LogP contribution in [0.5, 0.6) is 0 Å². The van der Waals surface area contributed by atoms with Crippen molar-refractivity contribution >= 4 is 5.78 Å². The topological polar surface area (TPSA) is 43.1 Å². The lowest BCUT2D eigenvalue weighted by Gasteiger charge is -2.09. The van der Waals surface area contributed by atoms with Gasteiger partial charge >= 0.3 is 0 Å². The molecule has 3 heteroatoms. The molecular formula is C20H17NO2. The number of aryl methyl sites for hydroxylation is 1. The molecule has 0 aliphatic heterocycles. The highest BCUT2D eigenvalue weighted by Crippen LogP contribution is 2.29. The summed E-state index contributed by atoms with van der Waals surface area (Å²) in [5.41, 5.74) is 5.34. The quantitative estimate of drug-likeness (QED) is 0.646. The van der Waals surface area contributed by atoms with Gasteiger partial charge in [0, 0.05) is 12.0 Å². The highest BCUT2D eigenvalue weighted by molar-refractivity contribution is 5.90. The van der Waals surface area contributed by atoms with Gasteiger partial charge in [-0.1, -0.05) is 36.9 Å². The smallest absolute Gasteiger partial charge is 0.225 e. The van der Waals surface area contributed by atoms with E-state index in [-0.39, 0.29) is 5.78 Å². The summed E-state index contributed by atoms with van der Waals surface area (Å²) in [4.78, 5) is 15.6. The standard InChI is InChI=1S/C20H17NO2/c1-3-18(22)12-15-5-8-16(9-6-15)19-13-17(7-4-14(19)2)20-21-10-11-23-20/h3-11,13H,1,12H2,2H3. The van der Waals surface area contributed by atoms with E-state index < -0.39 is 0 Å². The summed E-state index contributed by atoms with van der Waals surface area (Å²) in [6.45, 7) is 5.58. The third-order valence-electron chi connectivity index (χ3n) is 3.79. The number of oxazole rings is 1. The normalized spacial score (nSPS) is 10.5. The monoisotopic (exact) mass is 303 g/mol. The maximum absolute atomic E-state index is 11.4. The second-order valence-corrected chi connectivity index (χ2v) is 5.41. The lowest BCUT2D eigenvalue weighted by molar-refractivity contribution is -0.114. The van der Waals surface area contributed by atoms with Crippen molar-refractivity contribution in [3.63, 3.8) is 0 Å². The zero-order valence-electron chi connectivity index (χ0n) is 13.0. The van der Waals surface area contributed by atoms with Crippen LogP contribution < -0.4 is 0 Å². The van der Waals surface area contributed by atoms with E-state index in [1.165, 1.54) is 11.6 Å². The molecule has 3 rings (SSSR count). The molecule has 0 amide bonds. The Balaban J connectivity index is 1.93. The van der Waals surface area contributed by atoms with E-state index in [1.54, 1.807) is 12.5 Å². The van der Waals surface area contributed by atoms with Crippen molar-refractivity contribution in [2.75, 3.05) is 0 Å². The molecule has 114 valence electrons. The van der Waals surface area contributed by atoms with Crippen molar-refractivity contribution in [2.45, 2.75) is 13.3 Å². The molecule has 0 aliphatic rings. The number of hydrogen-bond donors (Lipinski definition) is 0. The maximum Gasteiger partial charge on any atom is 0.225 e. The van der Waals surface area contributed by atoms with E-state index >= 15 is 0 Å². The molecule has 23 heavy (non-hydrogen) atoms. The molecular weight excluding hydrogens is 286 g/mol. The Labute approximate surface area is 135 Å². The average Bonchev–Trinajstić information content (AvgIpc) is 3.10. The number of rotatable bonds is 5. The van der Waals surface area contributed by atoms with Crippen molar-refractivity contribution in [1.82, 2.24) is 4.98 Å². The number of allylic oxidation sites excluding steroid dienone is 1. The van der Waals surface area contributed by atoms with Crippen LogP contribution >= 0.6 is 0 Å². The van der Waals surface area contributed by atoms with E-state index in [4.69, 9.17) is 4.42 Å². The first-order valence-electron chi connectivity index (χ1n) is 7.42. The molecule has 0 saturated carbocycles.